The summed E-state index contributed by atoms with van der Waals surface area (Å²) in [6.07, 6.45) is 7.56. The van der Waals surface area contributed by atoms with Gasteiger partial charge < -0.3 is 4.98 Å². The van der Waals surface area contributed by atoms with Crippen molar-refractivity contribution in [3.8, 4) is 0 Å². The van der Waals surface area contributed by atoms with E-state index in [0.29, 0.717) is 30.0 Å². The summed E-state index contributed by atoms with van der Waals surface area (Å²) in [5.41, 5.74) is 2.07. The van der Waals surface area contributed by atoms with E-state index in [-0.39, 0.29) is 17.0 Å². The Kier molecular flexibility index (Phi) is 5.59. The average molecular weight is 366 g/mol. The van der Waals surface area contributed by atoms with Gasteiger partial charge in [-0.2, -0.15) is 0 Å². The maximum Gasteiger partial charge on any atom is 0.328 e. The van der Waals surface area contributed by atoms with E-state index in [2.05, 4.69) is 17.1 Å². The molecular weight excluding hydrogens is 340 g/mol. The van der Waals surface area contributed by atoms with Crippen LogP contribution in [0.1, 0.15) is 58.9 Å². The Bertz CT molecular complexity index is 991. The summed E-state index contributed by atoms with van der Waals surface area (Å²) in [7, 11) is 0. The average Bonchev–Trinajstić information content (AvgIpc) is 3.13. The van der Waals surface area contributed by atoms with Gasteiger partial charge in [0.1, 0.15) is 0 Å². The zero-order valence-corrected chi connectivity index (χ0v) is 16.2. The van der Waals surface area contributed by atoms with Crippen molar-refractivity contribution >= 4 is 5.78 Å². The number of hydrogen-bond acceptors (Lipinski definition) is 3. The summed E-state index contributed by atoms with van der Waals surface area (Å²) in [5.74, 6) is 0.108. The molecule has 3 rings (SSSR count). The van der Waals surface area contributed by atoms with Gasteiger partial charge >= 0.3 is 5.69 Å². The highest BCUT2D eigenvalue weighted by Gasteiger charge is 2.20. The van der Waals surface area contributed by atoms with Gasteiger partial charge in [0.05, 0.1) is 5.69 Å². The zero-order valence-electron chi connectivity index (χ0n) is 16.2. The van der Waals surface area contributed by atoms with Crippen LogP contribution in [0, 0.1) is 19.8 Å². The monoisotopic (exact) mass is 366 g/mol. The van der Waals surface area contributed by atoms with Gasteiger partial charge in [0, 0.05) is 17.7 Å². The second kappa shape index (κ2) is 7.91. The van der Waals surface area contributed by atoms with Crippen LogP contribution in [0.25, 0.3) is 0 Å². The fourth-order valence-corrected chi connectivity index (χ4v) is 3.82. The summed E-state index contributed by atoms with van der Waals surface area (Å²) in [6, 6.07) is 5.55. The largest absolute Gasteiger partial charge is 0.328 e. The third kappa shape index (κ3) is 4.02. The highest BCUT2D eigenvalue weighted by Crippen LogP contribution is 2.20. The number of aromatic amines is 1. The number of H-pyrrole nitrogens is 1. The van der Waals surface area contributed by atoms with E-state index in [9.17, 15) is 14.4 Å². The van der Waals surface area contributed by atoms with Crippen molar-refractivity contribution in [2.24, 2.45) is 5.92 Å². The Hall–Kier alpha value is -2.69. The normalized spacial score (nSPS) is 16.0. The summed E-state index contributed by atoms with van der Waals surface area (Å²) >= 11 is 0. The van der Waals surface area contributed by atoms with E-state index in [0.717, 1.165) is 30.4 Å². The smallest absolute Gasteiger partial charge is 0.303 e. The molecule has 1 aliphatic rings. The molecule has 1 aromatic heterocycles. The molecule has 1 N–H and O–H groups in total. The summed E-state index contributed by atoms with van der Waals surface area (Å²) in [6.45, 7) is 6.04. The van der Waals surface area contributed by atoms with Crippen LogP contribution >= 0.6 is 0 Å². The van der Waals surface area contributed by atoms with Crippen LogP contribution < -0.4 is 11.2 Å². The standard InChI is InChI=1S/C22H26N2O3/c1-4-18-19(20(25)17-12-14(2)11-15(3)13-17)23-22(27)24(21(18)26)10-9-16-7-5-6-8-16/h5,7,11-13,16H,4,6,8-10H2,1-3H3,(H,23,27). The van der Waals surface area contributed by atoms with E-state index < -0.39 is 5.69 Å². The minimum absolute atomic E-state index is 0.120. The number of aryl methyl sites for hydroxylation is 2. The van der Waals surface area contributed by atoms with Gasteiger partial charge in [0.25, 0.3) is 5.56 Å². The van der Waals surface area contributed by atoms with Crippen LogP contribution in [0.15, 0.2) is 39.9 Å². The first-order valence-electron chi connectivity index (χ1n) is 9.56. The number of rotatable bonds is 6. The predicted octanol–water partition coefficient (Wildman–Crippen LogP) is 3.30. The van der Waals surface area contributed by atoms with Gasteiger partial charge in [-0.05, 0) is 57.6 Å². The highest BCUT2D eigenvalue weighted by molar-refractivity contribution is 6.08. The molecule has 0 fully saturated rings. The van der Waals surface area contributed by atoms with Crippen LogP contribution in [-0.4, -0.2) is 15.3 Å². The number of carbonyl (C=O) groups is 1. The number of allylic oxidation sites excluding steroid dienone is 2. The molecule has 5 nitrogen and oxygen atoms in total. The number of aromatic nitrogens is 2. The van der Waals surface area contributed by atoms with Crippen molar-refractivity contribution in [2.45, 2.75) is 53.0 Å². The molecule has 1 aliphatic carbocycles. The van der Waals surface area contributed by atoms with Crippen molar-refractivity contribution in [3.63, 3.8) is 0 Å². The van der Waals surface area contributed by atoms with Crippen LogP contribution in [-0.2, 0) is 13.0 Å². The molecule has 5 heteroatoms. The lowest BCUT2D eigenvalue weighted by molar-refractivity contribution is 0.103. The van der Waals surface area contributed by atoms with Crippen LogP contribution in [0.5, 0.6) is 0 Å². The molecule has 1 heterocycles. The van der Waals surface area contributed by atoms with Crippen molar-refractivity contribution in [1.29, 1.82) is 0 Å². The summed E-state index contributed by atoms with van der Waals surface area (Å²) in [4.78, 5) is 41.1. The molecule has 142 valence electrons. The van der Waals surface area contributed by atoms with E-state index in [1.54, 1.807) is 12.1 Å². The molecule has 0 amide bonds. The second-order valence-corrected chi connectivity index (χ2v) is 7.35. The van der Waals surface area contributed by atoms with Crippen LogP contribution in [0.3, 0.4) is 0 Å². The van der Waals surface area contributed by atoms with Gasteiger partial charge in [-0.3, -0.25) is 14.2 Å². The summed E-state index contributed by atoms with van der Waals surface area (Å²) in [5, 5.41) is 0. The van der Waals surface area contributed by atoms with Gasteiger partial charge in [0.15, 0.2) is 0 Å². The molecule has 0 saturated heterocycles. The maximum absolute atomic E-state index is 13.0. The van der Waals surface area contributed by atoms with Crippen molar-refractivity contribution in [3.05, 3.63) is 79.1 Å². The topological polar surface area (TPSA) is 71.9 Å². The fourth-order valence-electron chi connectivity index (χ4n) is 3.82. The quantitative estimate of drug-likeness (QED) is 0.630. The van der Waals surface area contributed by atoms with Gasteiger partial charge in [-0.15, -0.1) is 0 Å². The van der Waals surface area contributed by atoms with E-state index in [4.69, 9.17) is 0 Å². The first kappa shape index (κ1) is 19.1. The third-order valence-electron chi connectivity index (χ3n) is 5.18. The number of nitrogens with one attached hydrogen (secondary N) is 1. The lowest BCUT2D eigenvalue weighted by Gasteiger charge is -2.13. The number of benzene rings is 1. The number of nitrogens with zero attached hydrogens (tertiary/aromatic N) is 1. The van der Waals surface area contributed by atoms with Crippen LogP contribution in [0.2, 0.25) is 0 Å². The molecule has 2 aromatic rings. The molecular formula is C22H26N2O3. The van der Waals surface area contributed by atoms with E-state index in [1.807, 2.05) is 26.8 Å². The first-order valence-corrected chi connectivity index (χ1v) is 9.56. The maximum atomic E-state index is 13.0. The third-order valence-corrected chi connectivity index (χ3v) is 5.18. The lowest BCUT2D eigenvalue weighted by atomic mass is 9.99. The Morgan fingerprint density at radius 3 is 2.48 bits per heavy atom. The fraction of sp³-hybridized carbons (Fsp3) is 0.409. The highest BCUT2D eigenvalue weighted by atomic mass is 16.2. The van der Waals surface area contributed by atoms with E-state index >= 15 is 0 Å². The number of ketones is 1. The Morgan fingerprint density at radius 1 is 1.19 bits per heavy atom. The van der Waals surface area contributed by atoms with Gasteiger partial charge in [-0.25, -0.2) is 4.79 Å². The Balaban J connectivity index is 1.98. The molecule has 0 bridgehead atoms. The molecule has 27 heavy (non-hydrogen) atoms. The number of hydrogen-bond donors (Lipinski definition) is 1. The Labute approximate surface area is 158 Å². The predicted molar refractivity (Wildman–Crippen MR) is 107 cm³/mol. The Morgan fingerprint density at radius 2 is 1.89 bits per heavy atom. The van der Waals surface area contributed by atoms with Gasteiger partial charge in [-0.1, -0.05) is 36.3 Å². The zero-order chi connectivity index (χ0) is 19.6. The van der Waals surface area contributed by atoms with Crippen molar-refractivity contribution < 1.29 is 4.79 Å². The van der Waals surface area contributed by atoms with Crippen LogP contribution in [0.4, 0.5) is 0 Å². The molecule has 0 radical (unpaired) electrons. The summed E-state index contributed by atoms with van der Waals surface area (Å²) < 4.78 is 1.24. The number of carbonyl (C=O) groups excluding carboxylic acids is 1. The van der Waals surface area contributed by atoms with Gasteiger partial charge in [0.2, 0.25) is 5.78 Å². The SMILES string of the molecule is CCc1c(C(=O)c2cc(C)cc(C)c2)[nH]c(=O)n(CCC2C=CCC2)c1=O. The second-order valence-electron chi connectivity index (χ2n) is 7.35. The van der Waals surface area contributed by atoms with E-state index in [1.165, 1.54) is 4.57 Å². The molecule has 0 saturated carbocycles. The molecule has 1 aromatic carbocycles. The minimum Gasteiger partial charge on any atom is -0.303 e. The van der Waals surface area contributed by atoms with Crippen molar-refractivity contribution in [2.75, 3.05) is 0 Å². The minimum atomic E-state index is -0.507. The molecule has 0 aliphatic heterocycles. The van der Waals surface area contributed by atoms with Crippen molar-refractivity contribution in [1.82, 2.24) is 9.55 Å². The molecule has 1 unspecified atom stereocenters. The molecule has 1 atom stereocenters. The first-order chi connectivity index (χ1) is 12.9. The molecule has 0 spiro atoms. The lowest BCUT2D eigenvalue weighted by Crippen LogP contribution is -2.40.